The van der Waals surface area contributed by atoms with Gasteiger partial charge in [0.15, 0.2) is 0 Å². The number of amides is 1. The molecule has 1 aromatic rings. The largest absolute Gasteiger partial charge is 0.471 e. The van der Waals surface area contributed by atoms with Crippen LogP contribution in [-0.4, -0.2) is 44.8 Å². The fourth-order valence-corrected chi connectivity index (χ4v) is 2.39. The van der Waals surface area contributed by atoms with Gasteiger partial charge in [0.2, 0.25) is 0 Å². The van der Waals surface area contributed by atoms with E-state index in [-0.39, 0.29) is 5.69 Å². The van der Waals surface area contributed by atoms with E-state index in [4.69, 9.17) is 0 Å². The second-order valence-corrected chi connectivity index (χ2v) is 5.09. The lowest BCUT2D eigenvalue weighted by atomic mass is 10.2. The van der Waals surface area contributed by atoms with E-state index in [0.717, 1.165) is 38.4 Å². The van der Waals surface area contributed by atoms with Crippen molar-refractivity contribution in [3.63, 3.8) is 0 Å². The maximum atomic E-state index is 12.2. The Morgan fingerprint density at radius 3 is 2.29 bits per heavy atom. The molecule has 21 heavy (non-hydrogen) atoms. The number of nitrogens with one attached hydrogen (secondary N) is 2. The number of nitrogens with zero attached hydrogens (tertiary/aromatic N) is 1. The highest BCUT2D eigenvalue weighted by atomic mass is 19.4. The Balaban J connectivity index is 1.95. The lowest BCUT2D eigenvalue weighted by molar-refractivity contribution is -0.898. The molecule has 2 N–H and O–H groups in total. The van der Waals surface area contributed by atoms with Crippen LogP contribution in [0.4, 0.5) is 24.5 Å². The highest BCUT2D eigenvalue weighted by Crippen LogP contribution is 2.21. The van der Waals surface area contributed by atoms with E-state index in [2.05, 4.69) is 11.8 Å². The lowest BCUT2D eigenvalue weighted by Gasteiger charge is -2.33. The third kappa shape index (κ3) is 4.10. The molecule has 1 fully saturated rings. The minimum Gasteiger partial charge on any atom is -0.360 e. The Hall–Kier alpha value is -1.76. The van der Waals surface area contributed by atoms with Crippen LogP contribution in [0.15, 0.2) is 24.3 Å². The highest BCUT2D eigenvalue weighted by molar-refractivity contribution is 5.95. The summed E-state index contributed by atoms with van der Waals surface area (Å²) in [5.74, 6) is -1.95. The van der Waals surface area contributed by atoms with Crippen LogP contribution in [0, 0.1) is 0 Å². The molecule has 1 saturated heterocycles. The minimum atomic E-state index is -4.86. The molecule has 0 aliphatic carbocycles. The van der Waals surface area contributed by atoms with E-state index in [1.165, 1.54) is 12.1 Å². The summed E-state index contributed by atoms with van der Waals surface area (Å²) in [6.07, 6.45) is -4.86. The Kier molecular flexibility index (Phi) is 4.72. The summed E-state index contributed by atoms with van der Waals surface area (Å²) < 4.78 is 36.5. The van der Waals surface area contributed by atoms with Crippen molar-refractivity contribution in [3.05, 3.63) is 24.3 Å². The molecule has 1 aliphatic rings. The van der Waals surface area contributed by atoms with Gasteiger partial charge >= 0.3 is 12.1 Å². The summed E-state index contributed by atoms with van der Waals surface area (Å²) in [7, 11) is 0. The number of likely N-dealkylation sites (N-methyl/N-ethyl adjacent to an activating group) is 1. The standard InChI is InChI=1S/C14H18F3N3O/c1-2-19-7-9-20(10-8-19)12-5-3-11(4-6-12)18-13(21)14(15,16)17/h3-6H,2,7-10H2,1H3,(H,18,21)/p+1. The topological polar surface area (TPSA) is 36.8 Å². The first-order valence-electron chi connectivity index (χ1n) is 6.97. The van der Waals surface area contributed by atoms with Gasteiger partial charge in [-0.05, 0) is 31.2 Å². The van der Waals surface area contributed by atoms with E-state index < -0.39 is 12.1 Å². The van der Waals surface area contributed by atoms with Crippen LogP contribution in [0.2, 0.25) is 0 Å². The number of anilines is 2. The van der Waals surface area contributed by atoms with E-state index in [1.807, 2.05) is 5.32 Å². The molecule has 0 radical (unpaired) electrons. The predicted octanol–water partition coefficient (Wildman–Crippen LogP) is 0.912. The fraction of sp³-hybridized carbons (Fsp3) is 0.500. The third-order valence-corrected chi connectivity index (χ3v) is 3.72. The first-order valence-corrected chi connectivity index (χ1v) is 6.97. The molecule has 1 aliphatic heterocycles. The molecule has 4 nitrogen and oxygen atoms in total. The first kappa shape index (κ1) is 15.6. The maximum Gasteiger partial charge on any atom is 0.471 e. The Morgan fingerprint density at radius 1 is 1.24 bits per heavy atom. The molecule has 7 heteroatoms. The van der Waals surface area contributed by atoms with Crippen molar-refractivity contribution in [1.29, 1.82) is 0 Å². The van der Waals surface area contributed by atoms with Crippen LogP contribution >= 0.6 is 0 Å². The minimum absolute atomic E-state index is 0.152. The molecule has 1 heterocycles. The molecular formula is C14H19F3N3O+. The number of hydrogen-bond acceptors (Lipinski definition) is 2. The van der Waals surface area contributed by atoms with E-state index in [9.17, 15) is 18.0 Å². The van der Waals surface area contributed by atoms with E-state index in [1.54, 1.807) is 17.0 Å². The second-order valence-electron chi connectivity index (χ2n) is 5.09. The summed E-state index contributed by atoms with van der Waals surface area (Å²) >= 11 is 0. The van der Waals surface area contributed by atoms with Gasteiger partial charge in [-0.2, -0.15) is 13.2 Å². The lowest BCUT2D eigenvalue weighted by Crippen LogP contribution is -3.14. The summed E-state index contributed by atoms with van der Waals surface area (Å²) in [6.45, 7) is 7.24. The molecule has 0 aromatic heterocycles. The predicted molar refractivity (Wildman–Crippen MR) is 74.6 cm³/mol. The maximum absolute atomic E-state index is 12.2. The van der Waals surface area contributed by atoms with Gasteiger partial charge in [0.05, 0.1) is 32.7 Å². The number of hydrogen-bond donors (Lipinski definition) is 2. The first-order chi connectivity index (χ1) is 9.90. The third-order valence-electron chi connectivity index (χ3n) is 3.72. The van der Waals surface area contributed by atoms with Crippen molar-refractivity contribution in [2.45, 2.75) is 13.1 Å². The quantitative estimate of drug-likeness (QED) is 0.871. The molecule has 0 bridgehead atoms. The van der Waals surface area contributed by atoms with Gasteiger partial charge in [0.25, 0.3) is 0 Å². The Labute approximate surface area is 121 Å². The van der Waals surface area contributed by atoms with E-state index >= 15 is 0 Å². The highest BCUT2D eigenvalue weighted by Gasteiger charge is 2.38. The van der Waals surface area contributed by atoms with Crippen LogP contribution in [0.5, 0.6) is 0 Å². The van der Waals surface area contributed by atoms with Crippen molar-refractivity contribution >= 4 is 17.3 Å². The average molecular weight is 302 g/mol. The van der Waals surface area contributed by atoms with Gasteiger partial charge in [0.1, 0.15) is 0 Å². The number of alkyl halides is 3. The summed E-state index contributed by atoms with van der Waals surface area (Å²) in [6, 6.07) is 6.47. The molecule has 0 unspecified atom stereocenters. The molecule has 0 spiro atoms. The van der Waals surface area contributed by atoms with Gasteiger partial charge in [-0.15, -0.1) is 0 Å². The molecule has 2 rings (SSSR count). The molecule has 1 aromatic carbocycles. The smallest absolute Gasteiger partial charge is 0.360 e. The van der Waals surface area contributed by atoms with E-state index in [0.29, 0.717) is 0 Å². The number of rotatable bonds is 3. The van der Waals surface area contributed by atoms with Gasteiger partial charge in [-0.3, -0.25) is 4.79 Å². The van der Waals surface area contributed by atoms with Crippen LogP contribution < -0.4 is 15.1 Å². The molecule has 0 atom stereocenters. The number of carbonyl (C=O) groups excluding carboxylic acids is 1. The second kappa shape index (κ2) is 6.34. The zero-order valence-electron chi connectivity index (χ0n) is 11.8. The van der Waals surface area contributed by atoms with Crippen molar-refractivity contribution in [1.82, 2.24) is 0 Å². The summed E-state index contributed by atoms with van der Waals surface area (Å²) in [5.41, 5.74) is 1.12. The Morgan fingerprint density at radius 2 is 1.81 bits per heavy atom. The van der Waals surface area contributed by atoms with Crippen LogP contribution in [-0.2, 0) is 4.79 Å². The van der Waals surface area contributed by atoms with Crippen molar-refractivity contribution in [3.8, 4) is 0 Å². The zero-order valence-corrected chi connectivity index (χ0v) is 11.8. The zero-order chi connectivity index (χ0) is 15.5. The van der Waals surface area contributed by atoms with Gasteiger partial charge in [0, 0.05) is 11.4 Å². The number of halogens is 3. The van der Waals surface area contributed by atoms with Crippen molar-refractivity contribution in [2.75, 3.05) is 42.9 Å². The van der Waals surface area contributed by atoms with Crippen molar-refractivity contribution in [2.24, 2.45) is 0 Å². The molecule has 0 saturated carbocycles. The number of piperazine rings is 1. The van der Waals surface area contributed by atoms with Gasteiger partial charge in [-0.1, -0.05) is 0 Å². The Bertz CT molecular complexity index is 479. The summed E-state index contributed by atoms with van der Waals surface area (Å²) in [5, 5.41) is 1.84. The van der Waals surface area contributed by atoms with Crippen LogP contribution in [0.1, 0.15) is 6.92 Å². The molecule has 116 valence electrons. The SMILES string of the molecule is CC[NH+]1CCN(c2ccc(NC(=O)C(F)(F)F)cc2)CC1. The van der Waals surface area contributed by atoms with Crippen molar-refractivity contribution < 1.29 is 22.9 Å². The number of benzene rings is 1. The number of quaternary nitrogens is 1. The monoisotopic (exact) mass is 302 g/mol. The van der Waals surface area contributed by atoms with Crippen LogP contribution in [0.3, 0.4) is 0 Å². The fourth-order valence-electron chi connectivity index (χ4n) is 2.39. The average Bonchev–Trinajstić information content (AvgIpc) is 2.47. The summed E-state index contributed by atoms with van der Waals surface area (Å²) in [4.78, 5) is 14.6. The van der Waals surface area contributed by atoms with Gasteiger partial charge in [-0.25, -0.2) is 0 Å². The van der Waals surface area contributed by atoms with Crippen LogP contribution in [0.25, 0.3) is 0 Å². The molecular weight excluding hydrogens is 283 g/mol. The molecule has 1 amide bonds. The van der Waals surface area contributed by atoms with Gasteiger partial charge < -0.3 is 15.1 Å². The number of carbonyl (C=O) groups is 1. The normalized spacial score (nSPS) is 16.9.